The van der Waals surface area contributed by atoms with E-state index in [1.807, 2.05) is 66.9 Å². The van der Waals surface area contributed by atoms with Crippen LogP contribution in [0.5, 0.6) is 0 Å². The molecule has 2 aromatic carbocycles. The molecule has 2 atom stereocenters. The number of ether oxygens (including phenoxy) is 2. The van der Waals surface area contributed by atoms with Crippen LogP contribution in [0.2, 0.25) is 0 Å². The standard InChI is InChI=1S/C29H32N2O4/c1-20(2)24-16-25-26(30-17-24)13-23(15-28(32)34-18-21-9-5-3-6-10-21)14-27(25)31-29(33)35-19-22-11-7-4-8-12-22/h3-12,16-17,20,23,27H,13-15,18-19H2,1-2H3,(H,31,33). The van der Waals surface area contributed by atoms with Gasteiger partial charge in [-0.2, -0.15) is 0 Å². The van der Waals surface area contributed by atoms with Gasteiger partial charge >= 0.3 is 12.1 Å². The Morgan fingerprint density at radius 3 is 2.23 bits per heavy atom. The molecule has 6 heteroatoms. The monoisotopic (exact) mass is 472 g/mol. The van der Waals surface area contributed by atoms with E-state index in [9.17, 15) is 9.59 Å². The van der Waals surface area contributed by atoms with Crippen LogP contribution in [-0.2, 0) is 33.9 Å². The zero-order chi connectivity index (χ0) is 24.6. The smallest absolute Gasteiger partial charge is 0.407 e. The van der Waals surface area contributed by atoms with Gasteiger partial charge < -0.3 is 14.8 Å². The number of amides is 1. The van der Waals surface area contributed by atoms with Crippen molar-refractivity contribution >= 4 is 12.1 Å². The Morgan fingerprint density at radius 1 is 0.971 bits per heavy atom. The highest BCUT2D eigenvalue weighted by molar-refractivity contribution is 5.70. The highest BCUT2D eigenvalue weighted by Crippen LogP contribution is 2.35. The molecule has 182 valence electrons. The minimum Gasteiger partial charge on any atom is -0.461 e. The lowest BCUT2D eigenvalue weighted by Crippen LogP contribution is -2.35. The van der Waals surface area contributed by atoms with Gasteiger partial charge in [-0.1, -0.05) is 80.6 Å². The Morgan fingerprint density at radius 2 is 1.60 bits per heavy atom. The second-order valence-corrected chi connectivity index (χ2v) is 9.37. The van der Waals surface area contributed by atoms with Gasteiger partial charge in [0, 0.05) is 18.3 Å². The molecule has 0 saturated heterocycles. The minimum absolute atomic E-state index is 0.0163. The molecular weight excluding hydrogens is 440 g/mol. The summed E-state index contributed by atoms with van der Waals surface area (Å²) in [6.07, 6.45) is 2.98. The minimum atomic E-state index is -0.480. The van der Waals surface area contributed by atoms with E-state index < -0.39 is 6.09 Å². The summed E-state index contributed by atoms with van der Waals surface area (Å²) < 4.78 is 11.0. The largest absolute Gasteiger partial charge is 0.461 e. The summed E-state index contributed by atoms with van der Waals surface area (Å²) >= 11 is 0. The molecule has 0 spiro atoms. The van der Waals surface area contributed by atoms with E-state index in [-0.39, 0.29) is 37.6 Å². The lowest BCUT2D eigenvalue weighted by Gasteiger charge is -2.31. The van der Waals surface area contributed by atoms with E-state index in [1.54, 1.807) is 0 Å². The third-order valence-electron chi connectivity index (χ3n) is 6.32. The maximum atomic E-state index is 12.7. The van der Waals surface area contributed by atoms with Crippen molar-refractivity contribution in [2.24, 2.45) is 5.92 Å². The second-order valence-electron chi connectivity index (χ2n) is 9.37. The number of fused-ring (bicyclic) bond motifs is 1. The maximum absolute atomic E-state index is 12.7. The zero-order valence-electron chi connectivity index (χ0n) is 20.3. The Balaban J connectivity index is 1.42. The number of alkyl carbamates (subject to hydrolysis) is 1. The third-order valence-corrected chi connectivity index (χ3v) is 6.32. The van der Waals surface area contributed by atoms with Gasteiger partial charge in [0.1, 0.15) is 13.2 Å². The summed E-state index contributed by atoms with van der Waals surface area (Å²) in [5, 5.41) is 3.02. The number of carbonyl (C=O) groups excluding carboxylic acids is 2. The number of hydrogen-bond donors (Lipinski definition) is 1. The number of nitrogens with one attached hydrogen (secondary N) is 1. The van der Waals surface area contributed by atoms with E-state index in [0.717, 1.165) is 27.9 Å². The van der Waals surface area contributed by atoms with Crippen molar-refractivity contribution in [1.29, 1.82) is 0 Å². The summed E-state index contributed by atoms with van der Waals surface area (Å²) in [4.78, 5) is 29.9. The van der Waals surface area contributed by atoms with E-state index in [1.165, 1.54) is 0 Å². The molecule has 4 rings (SSSR count). The van der Waals surface area contributed by atoms with Crippen molar-refractivity contribution in [2.75, 3.05) is 0 Å². The van der Waals surface area contributed by atoms with Gasteiger partial charge in [-0.25, -0.2) is 4.79 Å². The van der Waals surface area contributed by atoms with Gasteiger partial charge in [-0.15, -0.1) is 0 Å². The highest BCUT2D eigenvalue weighted by atomic mass is 16.5. The van der Waals surface area contributed by atoms with E-state index in [2.05, 4.69) is 25.2 Å². The molecule has 1 aromatic heterocycles. The number of benzene rings is 2. The fourth-order valence-electron chi connectivity index (χ4n) is 4.36. The lowest BCUT2D eigenvalue weighted by atomic mass is 9.80. The molecule has 6 nitrogen and oxygen atoms in total. The maximum Gasteiger partial charge on any atom is 0.407 e. The van der Waals surface area contributed by atoms with Gasteiger partial charge in [-0.3, -0.25) is 9.78 Å². The van der Waals surface area contributed by atoms with Gasteiger partial charge in [-0.05, 0) is 46.9 Å². The fourth-order valence-corrected chi connectivity index (χ4v) is 4.36. The summed E-state index contributed by atoms with van der Waals surface area (Å²) in [5.41, 5.74) is 4.92. The normalized spacial score (nSPS) is 16.9. The van der Waals surface area contributed by atoms with Crippen LogP contribution in [0.1, 0.15) is 66.6 Å². The second kappa shape index (κ2) is 11.6. The number of aromatic nitrogens is 1. The fraction of sp³-hybridized carbons (Fsp3) is 0.345. The van der Waals surface area contributed by atoms with Crippen LogP contribution >= 0.6 is 0 Å². The molecule has 1 heterocycles. The van der Waals surface area contributed by atoms with E-state index in [4.69, 9.17) is 14.5 Å². The van der Waals surface area contributed by atoms with Crippen molar-refractivity contribution in [3.8, 4) is 0 Å². The molecule has 1 aliphatic carbocycles. The summed E-state index contributed by atoms with van der Waals surface area (Å²) in [7, 11) is 0. The molecule has 0 fully saturated rings. The van der Waals surface area contributed by atoms with Crippen LogP contribution in [0.3, 0.4) is 0 Å². The highest BCUT2D eigenvalue weighted by Gasteiger charge is 2.31. The van der Waals surface area contributed by atoms with E-state index in [0.29, 0.717) is 18.8 Å². The Hall–Kier alpha value is -3.67. The molecule has 35 heavy (non-hydrogen) atoms. The Labute approximate surface area is 206 Å². The summed E-state index contributed by atoms with van der Waals surface area (Å²) in [6, 6.07) is 21.1. The van der Waals surface area contributed by atoms with Crippen molar-refractivity contribution in [1.82, 2.24) is 10.3 Å². The van der Waals surface area contributed by atoms with Crippen molar-refractivity contribution in [2.45, 2.75) is 58.3 Å². The third kappa shape index (κ3) is 6.92. The number of hydrogen-bond acceptors (Lipinski definition) is 5. The Bertz CT molecular complexity index is 1130. The first kappa shape index (κ1) is 24.5. The topological polar surface area (TPSA) is 77.5 Å². The quantitative estimate of drug-likeness (QED) is 0.415. The van der Waals surface area contributed by atoms with Gasteiger partial charge in [0.05, 0.1) is 6.04 Å². The average Bonchev–Trinajstić information content (AvgIpc) is 2.87. The molecule has 0 aliphatic heterocycles. The van der Waals surface area contributed by atoms with Gasteiger partial charge in [0.25, 0.3) is 0 Å². The first-order valence-electron chi connectivity index (χ1n) is 12.1. The first-order valence-corrected chi connectivity index (χ1v) is 12.1. The van der Waals surface area contributed by atoms with Crippen LogP contribution in [0, 0.1) is 5.92 Å². The van der Waals surface area contributed by atoms with Crippen molar-refractivity contribution < 1.29 is 19.1 Å². The SMILES string of the molecule is CC(C)c1cnc2c(c1)C(NC(=O)OCc1ccccc1)CC(CC(=O)OCc1ccccc1)C2. The van der Waals surface area contributed by atoms with Crippen LogP contribution < -0.4 is 5.32 Å². The molecule has 3 aromatic rings. The van der Waals surface area contributed by atoms with Crippen molar-refractivity contribution in [3.05, 3.63) is 101 Å². The summed E-state index contributed by atoms with van der Waals surface area (Å²) in [5.74, 6) is 0.0956. The van der Waals surface area contributed by atoms with Crippen LogP contribution in [0.4, 0.5) is 4.79 Å². The van der Waals surface area contributed by atoms with Gasteiger partial charge in [0.2, 0.25) is 0 Å². The predicted octanol–water partition coefficient (Wildman–Crippen LogP) is 5.87. The molecule has 0 radical (unpaired) electrons. The molecule has 0 bridgehead atoms. The van der Waals surface area contributed by atoms with Crippen LogP contribution in [-0.4, -0.2) is 17.0 Å². The summed E-state index contributed by atoms with van der Waals surface area (Å²) in [6.45, 7) is 4.70. The number of pyridine rings is 1. The molecule has 1 N–H and O–H groups in total. The number of esters is 1. The number of rotatable bonds is 8. The Kier molecular flexibility index (Phi) is 8.14. The predicted molar refractivity (Wildman–Crippen MR) is 133 cm³/mol. The average molecular weight is 473 g/mol. The zero-order valence-corrected chi connectivity index (χ0v) is 20.3. The number of nitrogens with zero attached hydrogens (tertiary/aromatic N) is 1. The number of carbonyl (C=O) groups is 2. The van der Waals surface area contributed by atoms with E-state index >= 15 is 0 Å². The molecule has 1 amide bonds. The van der Waals surface area contributed by atoms with Crippen LogP contribution in [0.15, 0.2) is 72.9 Å². The lowest BCUT2D eigenvalue weighted by molar-refractivity contribution is -0.146. The van der Waals surface area contributed by atoms with Crippen LogP contribution in [0.25, 0.3) is 0 Å². The molecule has 2 unspecified atom stereocenters. The molecule has 1 aliphatic rings. The first-order chi connectivity index (χ1) is 17.0. The molecular formula is C29H32N2O4. The van der Waals surface area contributed by atoms with Gasteiger partial charge in [0.15, 0.2) is 0 Å². The van der Waals surface area contributed by atoms with Crippen molar-refractivity contribution in [3.63, 3.8) is 0 Å². The molecule has 0 saturated carbocycles.